The maximum Gasteiger partial charge on any atom is 0.131 e. The third kappa shape index (κ3) is 2.24. The fourth-order valence-electron chi connectivity index (χ4n) is 4.48. The van der Waals surface area contributed by atoms with Gasteiger partial charge < -0.3 is 14.6 Å². The van der Waals surface area contributed by atoms with Gasteiger partial charge in [-0.05, 0) is 44.7 Å². The average molecular weight is 326 g/mol. The minimum Gasteiger partial charge on any atom is -0.384 e. The first kappa shape index (κ1) is 16.8. The van der Waals surface area contributed by atoms with E-state index >= 15 is 0 Å². The minimum atomic E-state index is -1.21. The van der Waals surface area contributed by atoms with E-state index in [1.54, 1.807) is 6.92 Å². The van der Waals surface area contributed by atoms with Gasteiger partial charge in [-0.1, -0.05) is 19.9 Å². The van der Waals surface area contributed by atoms with Crippen LogP contribution in [0.15, 0.2) is 18.2 Å². The van der Waals surface area contributed by atoms with Crippen LogP contribution in [0.3, 0.4) is 0 Å². The Labute approximate surface area is 135 Å². The molecule has 0 aliphatic carbocycles. The summed E-state index contributed by atoms with van der Waals surface area (Å²) < 4.78 is 39.6. The summed E-state index contributed by atoms with van der Waals surface area (Å²) in [6.45, 7) is 7.41. The molecule has 2 bridgehead atoms. The molecule has 0 spiro atoms. The quantitative estimate of drug-likeness (QED) is 0.919. The summed E-state index contributed by atoms with van der Waals surface area (Å²) >= 11 is 0. The van der Waals surface area contributed by atoms with Crippen molar-refractivity contribution in [2.75, 3.05) is 0 Å². The van der Waals surface area contributed by atoms with Crippen molar-refractivity contribution in [1.82, 2.24) is 0 Å². The molecule has 128 valence electrons. The summed E-state index contributed by atoms with van der Waals surface area (Å²) in [6.07, 6.45) is 0.874. The van der Waals surface area contributed by atoms with E-state index in [-0.39, 0.29) is 18.1 Å². The standard InChI is InChI=1S/C18H24F2O3/c1-11(2)18-9-8-16(3,23-18)15(17(18,4)21)22-10-12-13(19)6-5-7-14(12)20/h5-7,11,15,21H,8-10H2,1-4H3/t15-,16-,17?,18-/m0/s1. The summed E-state index contributed by atoms with van der Waals surface area (Å²) in [6, 6.07) is 3.73. The highest BCUT2D eigenvalue weighted by molar-refractivity contribution is 5.23. The molecule has 23 heavy (non-hydrogen) atoms. The van der Waals surface area contributed by atoms with Crippen molar-refractivity contribution in [2.45, 2.75) is 70.1 Å². The smallest absolute Gasteiger partial charge is 0.131 e. The van der Waals surface area contributed by atoms with Crippen LogP contribution < -0.4 is 0 Å². The van der Waals surface area contributed by atoms with Crippen molar-refractivity contribution >= 4 is 0 Å². The van der Waals surface area contributed by atoms with Crippen LogP contribution in [0, 0.1) is 17.6 Å². The first-order chi connectivity index (χ1) is 10.6. The van der Waals surface area contributed by atoms with E-state index in [1.807, 2.05) is 20.8 Å². The molecule has 0 saturated carbocycles. The topological polar surface area (TPSA) is 38.7 Å². The van der Waals surface area contributed by atoms with Crippen LogP contribution in [0.4, 0.5) is 8.78 Å². The Morgan fingerprint density at radius 1 is 1.26 bits per heavy atom. The molecule has 4 atom stereocenters. The van der Waals surface area contributed by atoms with E-state index in [2.05, 4.69) is 0 Å². The van der Waals surface area contributed by atoms with Gasteiger partial charge in [-0.3, -0.25) is 0 Å². The normalized spacial score (nSPS) is 39.4. The van der Waals surface area contributed by atoms with E-state index in [4.69, 9.17) is 9.47 Å². The Morgan fingerprint density at radius 3 is 2.39 bits per heavy atom. The fraction of sp³-hybridized carbons (Fsp3) is 0.667. The fourth-order valence-corrected chi connectivity index (χ4v) is 4.48. The maximum absolute atomic E-state index is 13.8. The van der Waals surface area contributed by atoms with Gasteiger partial charge in [0.05, 0.1) is 12.2 Å². The second-order valence-electron chi connectivity index (χ2n) is 7.50. The van der Waals surface area contributed by atoms with Crippen LogP contribution in [-0.2, 0) is 16.1 Å². The molecule has 0 radical (unpaired) electrons. The lowest BCUT2D eigenvalue weighted by molar-refractivity contribution is -0.160. The van der Waals surface area contributed by atoms with Crippen LogP contribution in [0.5, 0.6) is 0 Å². The lowest BCUT2D eigenvalue weighted by Gasteiger charge is -2.45. The van der Waals surface area contributed by atoms with Gasteiger partial charge in [-0.25, -0.2) is 8.78 Å². The van der Waals surface area contributed by atoms with Gasteiger partial charge >= 0.3 is 0 Å². The molecule has 1 aromatic carbocycles. The maximum atomic E-state index is 13.8. The number of halogens is 2. The third-order valence-corrected chi connectivity index (χ3v) is 5.72. The Balaban J connectivity index is 1.86. The first-order valence-electron chi connectivity index (χ1n) is 8.11. The van der Waals surface area contributed by atoms with Crippen molar-refractivity contribution in [2.24, 2.45) is 5.92 Å². The molecule has 2 fully saturated rings. The Bertz CT molecular complexity index is 596. The molecule has 3 rings (SSSR count). The zero-order chi connectivity index (χ0) is 17.0. The molecule has 2 aliphatic rings. The summed E-state index contributed by atoms with van der Waals surface area (Å²) in [7, 11) is 0. The minimum absolute atomic E-state index is 0.109. The van der Waals surface area contributed by atoms with Crippen LogP contribution >= 0.6 is 0 Å². The van der Waals surface area contributed by atoms with Gasteiger partial charge in [0.25, 0.3) is 0 Å². The number of ether oxygens (including phenoxy) is 2. The molecule has 1 unspecified atom stereocenters. The Morgan fingerprint density at radius 2 is 1.87 bits per heavy atom. The second kappa shape index (κ2) is 5.23. The number of hydrogen-bond acceptors (Lipinski definition) is 3. The van der Waals surface area contributed by atoms with Gasteiger partial charge in [0.1, 0.15) is 28.9 Å². The van der Waals surface area contributed by atoms with Crippen molar-refractivity contribution in [3.8, 4) is 0 Å². The third-order valence-electron chi connectivity index (χ3n) is 5.72. The largest absolute Gasteiger partial charge is 0.384 e. The molecule has 1 aromatic rings. The number of benzene rings is 1. The summed E-state index contributed by atoms with van der Waals surface area (Å²) in [5, 5.41) is 11.1. The molecule has 1 N–H and O–H groups in total. The van der Waals surface area contributed by atoms with Crippen LogP contribution in [0.1, 0.15) is 46.1 Å². The molecule has 2 saturated heterocycles. The van der Waals surface area contributed by atoms with Gasteiger partial charge in [-0.2, -0.15) is 0 Å². The van der Waals surface area contributed by atoms with E-state index in [0.29, 0.717) is 0 Å². The van der Waals surface area contributed by atoms with E-state index in [1.165, 1.54) is 18.2 Å². The van der Waals surface area contributed by atoms with Gasteiger partial charge in [0, 0.05) is 5.56 Å². The van der Waals surface area contributed by atoms with Crippen LogP contribution in [0.2, 0.25) is 0 Å². The molecule has 2 aliphatic heterocycles. The Kier molecular flexibility index (Phi) is 3.82. The van der Waals surface area contributed by atoms with E-state index < -0.39 is 34.5 Å². The van der Waals surface area contributed by atoms with Crippen molar-refractivity contribution in [1.29, 1.82) is 0 Å². The van der Waals surface area contributed by atoms with Crippen molar-refractivity contribution < 1.29 is 23.4 Å². The number of fused-ring (bicyclic) bond motifs is 2. The van der Waals surface area contributed by atoms with Gasteiger partial charge in [0.15, 0.2) is 0 Å². The molecule has 2 heterocycles. The second-order valence-corrected chi connectivity index (χ2v) is 7.50. The number of aliphatic hydroxyl groups is 1. The number of rotatable bonds is 4. The van der Waals surface area contributed by atoms with Gasteiger partial charge in [-0.15, -0.1) is 0 Å². The molecular formula is C18H24F2O3. The monoisotopic (exact) mass is 326 g/mol. The molecule has 0 amide bonds. The lowest BCUT2D eigenvalue weighted by atomic mass is 9.66. The number of hydrogen-bond donors (Lipinski definition) is 1. The molecule has 5 heteroatoms. The highest BCUT2D eigenvalue weighted by atomic mass is 19.1. The van der Waals surface area contributed by atoms with Crippen molar-refractivity contribution in [3.05, 3.63) is 35.4 Å². The van der Waals surface area contributed by atoms with Crippen LogP contribution in [0.25, 0.3) is 0 Å². The highest BCUT2D eigenvalue weighted by Crippen LogP contribution is 2.60. The molecule has 0 aromatic heterocycles. The zero-order valence-electron chi connectivity index (χ0n) is 14.0. The predicted octanol–water partition coefficient (Wildman–Crippen LogP) is 3.58. The molecular weight excluding hydrogens is 302 g/mol. The predicted molar refractivity (Wildman–Crippen MR) is 81.9 cm³/mol. The van der Waals surface area contributed by atoms with Crippen molar-refractivity contribution in [3.63, 3.8) is 0 Å². The highest BCUT2D eigenvalue weighted by Gasteiger charge is 2.72. The van der Waals surface area contributed by atoms with E-state index in [0.717, 1.165) is 12.8 Å². The summed E-state index contributed by atoms with van der Waals surface area (Å²) in [5.41, 5.74) is -2.65. The first-order valence-corrected chi connectivity index (χ1v) is 8.11. The molecule has 3 nitrogen and oxygen atoms in total. The van der Waals surface area contributed by atoms with Gasteiger partial charge in [0.2, 0.25) is 0 Å². The average Bonchev–Trinajstić information content (AvgIpc) is 2.89. The lowest BCUT2D eigenvalue weighted by Crippen LogP contribution is -2.60. The summed E-state index contributed by atoms with van der Waals surface area (Å²) in [5.74, 6) is -1.17. The van der Waals surface area contributed by atoms with E-state index in [9.17, 15) is 13.9 Å². The Hall–Kier alpha value is -1.04. The van der Waals surface area contributed by atoms with Crippen LogP contribution in [-0.4, -0.2) is 28.0 Å². The summed E-state index contributed by atoms with van der Waals surface area (Å²) in [4.78, 5) is 0. The SMILES string of the molecule is CC(C)[C@]12CC[C@](C)(O1)[C@H](OCc1c(F)cccc1F)C2(C)O. The zero-order valence-corrected chi connectivity index (χ0v) is 14.0.